The molecule has 124 valence electrons. The van der Waals surface area contributed by atoms with Crippen molar-refractivity contribution in [1.29, 1.82) is 0 Å². The topological polar surface area (TPSA) is 67.6 Å². The van der Waals surface area contributed by atoms with Crippen molar-refractivity contribution >= 4 is 35.8 Å². The number of aromatic amines is 1. The van der Waals surface area contributed by atoms with Gasteiger partial charge in [-0.25, -0.2) is 9.97 Å². The summed E-state index contributed by atoms with van der Waals surface area (Å²) in [6.45, 7) is 7.04. The molecule has 3 rings (SSSR count). The Bertz CT molecular complexity index is 720. The van der Waals surface area contributed by atoms with Gasteiger partial charge in [0.05, 0.1) is 5.39 Å². The van der Waals surface area contributed by atoms with Gasteiger partial charge in [-0.1, -0.05) is 45.0 Å². The molecule has 0 radical (unpaired) electrons. The summed E-state index contributed by atoms with van der Waals surface area (Å²) in [7, 11) is -1.55. The second-order valence-corrected chi connectivity index (χ2v) is 11.9. The van der Waals surface area contributed by atoms with Gasteiger partial charge in [-0.15, -0.1) is 0 Å². The number of nitrogen functional groups attached to an aromatic ring is 1. The molecule has 4 nitrogen and oxygen atoms in total. The molecule has 0 bridgehead atoms. The maximum Gasteiger partial charge on any atom is 0.143 e. The van der Waals surface area contributed by atoms with Crippen LogP contribution in [0.1, 0.15) is 52.0 Å². The first-order chi connectivity index (χ1) is 11.2. The molecule has 3 N–H and O–H groups in total. The number of anilines is 1. The molecular formula is C18H28N4Si. The highest BCUT2D eigenvalue weighted by Crippen LogP contribution is 2.35. The van der Waals surface area contributed by atoms with E-state index in [9.17, 15) is 0 Å². The zero-order valence-electron chi connectivity index (χ0n) is 14.6. The number of allylic oxidation sites excluding steroid dienone is 2. The van der Waals surface area contributed by atoms with Gasteiger partial charge >= 0.3 is 0 Å². The van der Waals surface area contributed by atoms with E-state index in [0.717, 1.165) is 17.5 Å². The lowest BCUT2D eigenvalue weighted by Gasteiger charge is -2.29. The van der Waals surface area contributed by atoms with E-state index in [1.807, 2.05) is 0 Å². The van der Waals surface area contributed by atoms with Crippen molar-refractivity contribution in [3.63, 3.8) is 0 Å². The Morgan fingerprint density at radius 3 is 2.48 bits per heavy atom. The zero-order valence-corrected chi connectivity index (χ0v) is 15.6. The van der Waals surface area contributed by atoms with Gasteiger partial charge in [0.1, 0.15) is 25.9 Å². The number of nitrogens with two attached hydrogens (primary N) is 1. The summed E-state index contributed by atoms with van der Waals surface area (Å²) in [5, 5.41) is 2.52. The van der Waals surface area contributed by atoms with E-state index in [1.165, 1.54) is 53.8 Å². The molecule has 1 aliphatic carbocycles. The van der Waals surface area contributed by atoms with Crippen molar-refractivity contribution in [2.75, 3.05) is 5.73 Å². The van der Waals surface area contributed by atoms with Crippen molar-refractivity contribution in [3.8, 4) is 0 Å². The monoisotopic (exact) mass is 328 g/mol. The summed E-state index contributed by atoms with van der Waals surface area (Å²) >= 11 is 0. The third-order valence-electron chi connectivity index (χ3n) is 5.79. The molecule has 0 aliphatic heterocycles. The number of nitrogens with zero attached hydrogens (tertiary/aromatic N) is 2. The molecule has 2 aromatic heterocycles. The largest absolute Gasteiger partial charge is 0.383 e. The van der Waals surface area contributed by atoms with E-state index in [0.29, 0.717) is 5.82 Å². The number of rotatable bonds is 5. The molecule has 0 unspecified atom stereocenters. The fraction of sp³-hybridized carbons (Fsp3) is 0.556. The quantitative estimate of drug-likeness (QED) is 0.808. The highest BCUT2D eigenvalue weighted by molar-refractivity contribution is 6.92. The van der Waals surface area contributed by atoms with Gasteiger partial charge in [0.2, 0.25) is 0 Å². The Kier molecular flexibility index (Phi) is 4.57. The molecule has 0 saturated carbocycles. The lowest BCUT2D eigenvalue weighted by Crippen LogP contribution is -2.48. The Hall–Kier alpha value is -1.62. The molecule has 0 fully saturated rings. The second kappa shape index (κ2) is 6.47. The fourth-order valence-corrected chi connectivity index (χ4v) is 7.87. The summed E-state index contributed by atoms with van der Waals surface area (Å²) in [4.78, 5) is 12.4. The minimum absolute atomic E-state index is 0.616. The smallest absolute Gasteiger partial charge is 0.143 e. The Morgan fingerprint density at radius 1 is 1.13 bits per heavy atom. The van der Waals surface area contributed by atoms with Crippen molar-refractivity contribution < 1.29 is 0 Å². The van der Waals surface area contributed by atoms with Gasteiger partial charge in [-0.3, -0.25) is 0 Å². The summed E-state index contributed by atoms with van der Waals surface area (Å²) in [6, 6.07) is 3.75. The molecular weight excluding hydrogens is 300 g/mol. The second-order valence-electron chi connectivity index (χ2n) is 6.67. The van der Waals surface area contributed by atoms with Gasteiger partial charge in [0.25, 0.3) is 0 Å². The Morgan fingerprint density at radius 2 is 1.87 bits per heavy atom. The van der Waals surface area contributed by atoms with E-state index in [2.05, 4.69) is 41.8 Å². The maximum atomic E-state index is 6.26. The van der Waals surface area contributed by atoms with Crippen LogP contribution in [-0.2, 0) is 0 Å². The van der Waals surface area contributed by atoms with E-state index in [1.54, 1.807) is 6.33 Å². The molecule has 2 heterocycles. The predicted molar refractivity (Wildman–Crippen MR) is 102 cm³/mol. The Labute approximate surface area is 139 Å². The molecule has 0 aromatic carbocycles. The number of hydrogen-bond donors (Lipinski definition) is 2. The minimum atomic E-state index is -1.55. The number of hydrogen-bond acceptors (Lipinski definition) is 3. The van der Waals surface area contributed by atoms with Crippen molar-refractivity contribution in [2.45, 2.75) is 64.6 Å². The molecule has 1 aliphatic rings. The SMILES string of the molecule is CC[Si](CC)(CC)c1[nH]c2ncnc(N)c2c1C1=CCCCC1. The molecule has 0 atom stereocenters. The van der Waals surface area contributed by atoms with Crippen LogP contribution in [0, 0.1) is 0 Å². The third kappa shape index (κ3) is 2.61. The predicted octanol–water partition coefficient (Wildman–Crippen LogP) is 4.21. The van der Waals surface area contributed by atoms with Gasteiger partial charge in [0.15, 0.2) is 0 Å². The maximum absolute atomic E-state index is 6.26. The number of nitrogens with one attached hydrogen (secondary N) is 1. The first-order valence-corrected chi connectivity index (χ1v) is 11.6. The summed E-state index contributed by atoms with van der Waals surface area (Å²) in [5.41, 5.74) is 10.0. The number of H-pyrrole nitrogens is 1. The summed E-state index contributed by atoms with van der Waals surface area (Å²) in [6.07, 6.45) is 8.88. The van der Waals surface area contributed by atoms with Crippen LogP contribution in [0.15, 0.2) is 12.4 Å². The first-order valence-electron chi connectivity index (χ1n) is 8.98. The lowest BCUT2D eigenvalue weighted by molar-refractivity contribution is 0.742. The van der Waals surface area contributed by atoms with Crippen molar-refractivity contribution in [3.05, 3.63) is 18.0 Å². The lowest BCUT2D eigenvalue weighted by atomic mass is 9.94. The van der Waals surface area contributed by atoms with E-state index in [-0.39, 0.29) is 0 Å². The van der Waals surface area contributed by atoms with Crippen molar-refractivity contribution in [2.24, 2.45) is 0 Å². The minimum Gasteiger partial charge on any atom is -0.383 e. The molecule has 2 aromatic rings. The molecule has 5 heteroatoms. The first kappa shape index (κ1) is 16.2. The molecule has 0 amide bonds. The molecule has 0 spiro atoms. The van der Waals surface area contributed by atoms with Crippen LogP contribution in [-0.4, -0.2) is 23.0 Å². The highest BCUT2D eigenvalue weighted by Gasteiger charge is 2.35. The van der Waals surface area contributed by atoms with Crippen LogP contribution in [0.2, 0.25) is 18.1 Å². The zero-order chi connectivity index (χ0) is 16.4. The van der Waals surface area contributed by atoms with Crippen molar-refractivity contribution in [1.82, 2.24) is 15.0 Å². The standard InChI is InChI=1S/C18H28N4Si/c1-4-23(5-2,6-3)18-14(13-10-8-7-9-11-13)15-16(19)20-12-21-17(15)22-18/h10,12H,4-9,11H2,1-3H3,(H3,19,20,21,22). The van der Waals surface area contributed by atoms with Gasteiger partial charge in [-0.2, -0.15) is 0 Å². The number of fused-ring (bicyclic) bond motifs is 1. The number of aromatic nitrogens is 3. The van der Waals surface area contributed by atoms with E-state index < -0.39 is 8.07 Å². The summed E-state index contributed by atoms with van der Waals surface area (Å²) in [5.74, 6) is 0.616. The van der Waals surface area contributed by atoms with Crippen LogP contribution in [0.5, 0.6) is 0 Å². The van der Waals surface area contributed by atoms with Gasteiger partial charge in [-0.05, 0) is 31.3 Å². The average molecular weight is 329 g/mol. The fourth-order valence-electron chi connectivity index (χ4n) is 4.11. The highest BCUT2D eigenvalue weighted by atomic mass is 28.3. The normalized spacial score (nSPS) is 15.9. The van der Waals surface area contributed by atoms with E-state index in [4.69, 9.17) is 5.73 Å². The molecule has 0 saturated heterocycles. The van der Waals surface area contributed by atoms with Gasteiger partial charge < -0.3 is 10.7 Å². The molecule has 23 heavy (non-hydrogen) atoms. The van der Waals surface area contributed by atoms with Crippen LogP contribution < -0.4 is 11.1 Å². The van der Waals surface area contributed by atoms with Crippen LogP contribution in [0.25, 0.3) is 16.6 Å². The van der Waals surface area contributed by atoms with Crippen LogP contribution in [0.3, 0.4) is 0 Å². The third-order valence-corrected chi connectivity index (χ3v) is 11.3. The van der Waals surface area contributed by atoms with Crippen LogP contribution in [0.4, 0.5) is 5.82 Å². The van der Waals surface area contributed by atoms with E-state index >= 15 is 0 Å². The average Bonchev–Trinajstić information content (AvgIpc) is 2.99. The Balaban J connectivity index is 2.33. The van der Waals surface area contributed by atoms with Gasteiger partial charge in [0, 0.05) is 10.9 Å². The summed E-state index contributed by atoms with van der Waals surface area (Å²) < 4.78 is 0. The van der Waals surface area contributed by atoms with Crippen LogP contribution >= 0.6 is 0 Å².